The molecular weight excluding hydrogens is 256 g/mol. The minimum Gasteiger partial charge on any atom is -0.497 e. The van der Waals surface area contributed by atoms with E-state index in [4.69, 9.17) is 9.47 Å². The molecule has 1 N–H and O–H groups in total. The second kappa shape index (κ2) is 7.87. The van der Waals surface area contributed by atoms with E-state index < -0.39 is 0 Å². The number of hydrogen-bond acceptors (Lipinski definition) is 4. The lowest BCUT2D eigenvalue weighted by atomic mass is 10.1. The first kappa shape index (κ1) is 14.8. The lowest BCUT2D eigenvalue weighted by molar-refractivity contribution is -0.123. The number of methoxy groups -OCH3 is 1. The van der Waals surface area contributed by atoms with Crippen molar-refractivity contribution in [2.45, 2.75) is 6.42 Å². The summed E-state index contributed by atoms with van der Waals surface area (Å²) in [6, 6.07) is 7.91. The molecule has 0 spiro atoms. The van der Waals surface area contributed by atoms with Crippen molar-refractivity contribution in [1.82, 2.24) is 10.2 Å². The van der Waals surface area contributed by atoms with Crippen LogP contribution in [-0.2, 0) is 16.0 Å². The minimum absolute atomic E-state index is 0.0837. The quantitative estimate of drug-likeness (QED) is 0.831. The number of morpholine rings is 1. The van der Waals surface area contributed by atoms with Crippen LogP contribution in [0.15, 0.2) is 24.3 Å². The Morgan fingerprint density at radius 2 is 2.00 bits per heavy atom. The van der Waals surface area contributed by atoms with Crippen LogP contribution in [0.4, 0.5) is 0 Å². The number of nitrogens with one attached hydrogen (secondary N) is 1. The SMILES string of the molecule is COc1ccc(CCNC(=O)CN2CCOCC2)cc1. The Labute approximate surface area is 119 Å². The third-order valence-electron chi connectivity index (χ3n) is 3.37. The van der Waals surface area contributed by atoms with E-state index in [2.05, 4.69) is 10.2 Å². The molecule has 1 fully saturated rings. The molecule has 1 aromatic rings. The van der Waals surface area contributed by atoms with Crippen LogP contribution in [0.25, 0.3) is 0 Å². The molecule has 20 heavy (non-hydrogen) atoms. The summed E-state index contributed by atoms with van der Waals surface area (Å²) in [6.07, 6.45) is 0.832. The monoisotopic (exact) mass is 278 g/mol. The molecule has 1 aromatic carbocycles. The average molecular weight is 278 g/mol. The molecule has 0 aliphatic carbocycles. The van der Waals surface area contributed by atoms with Gasteiger partial charge in [-0.05, 0) is 24.1 Å². The van der Waals surface area contributed by atoms with E-state index in [1.165, 1.54) is 5.56 Å². The Balaban J connectivity index is 1.65. The van der Waals surface area contributed by atoms with E-state index in [0.29, 0.717) is 13.1 Å². The molecule has 110 valence electrons. The van der Waals surface area contributed by atoms with Gasteiger partial charge in [0.15, 0.2) is 0 Å². The summed E-state index contributed by atoms with van der Waals surface area (Å²) >= 11 is 0. The molecule has 0 atom stereocenters. The zero-order valence-corrected chi connectivity index (χ0v) is 11.9. The average Bonchev–Trinajstić information content (AvgIpc) is 2.49. The Kier molecular flexibility index (Phi) is 5.83. The highest BCUT2D eigenvalue weighted by Gasteiger charge is 2.13. The summed E-state index contributed by atoms with van der Waals surface area (Å²) in [5, 5.41) is 2.95. The summed E-state index contributed by atoms with van der Waals surface area (Å²) in [5.74, 6) is 0.936. The van der Waals surface area contributed by atoms with E-state index in [1.54, 1.807) is 7.11 Å². The topological polar surface area (TPSA) is 50.8 Å². The molecule has 1 aliphatic rings. The molecule has 5 nitrogen and oxygen atoms in total. The molecule has 1 amide bonds. The van der Waals surface area contributed by atoms with Gasteiger partial charge in [-0.2, -0.15) is 0 Å². The summed E-state index contributed by atoms with van der Waals surface area (Å²) in [4.78, 5) is 13.9. The van der Waals surface area contributed by atoms with Gasteiger partial charge in [0, 0.05) is 19.6 Å². The van der Waals surface area contributed by atoms with E-state index in [0.717, 1.165) is 38.5 Å². The molecule has 1 saturated heterocycles. The van der Waals surface area contributed by atoms with Gasteiger partial charge in [0.05, 0.1) is 26.9 Å². The summed E-state index contributed by atoms with van der Waals surface area (Å²) < 4.78 is 10.4. The number of ether oxygens (including phenoxy) is 2. The highest BCUT2D eigenvalue weighted by Crippen LogP contribution is 2.11. The number of hydrogen-bond donors (Lipinski definition) is 1. The molecule has 1 heterocycles. The fraction of sp³-hybridized carbons (Fsp3) is 0.533. The van der Waals surface area contributed by atoms with Gasteiger partial charge >= 0.3 is 0 Å². The Bertz CT molecular complexity index is 414. The maximum atomic E-state index is 11.8. The Hall–Kier alpha value is -1.59. The van der Waals surface area contributed by atoms with Gasteiger partial charge in [-0.1, -0.05) is 12.1 Å². The molecular formula is C15H22N2O3. The lowest BCUT2D eigenvalue weighted by Gasteiger charge is -2.25. The normalized spacial score (nSPS) is 15.8. The summed E-state index contributed by atoms with van der Waals surface area (Å²) in [7, 11) is 1.65. The standard InChI is InChI=1S/C15H22N2O3/c1-19-14-4-2-13(3-5-14)6-7-16-15(18)12-17-8-10-20-11-9-17/h2-5H,6-12H2,1H3,(H,16,18). The van der Waals surface area contributed by atoms with Gasteiger partial charge in [0.2, 0.25) is 5.91 Å². The van der Waals surface area contributed by atoms with Crippen LogP contribution in [0.3, 0.4) is 0 Å². The van der Waals surface area contributed by atoms with Gasteiger partial charge in [-0.25, -0.2) is 0 Å². The predicted octanol–water partition coefficient (Wildman–Crippen LogP) is 0.686. The zero-order valence-electron chi connectivity index (χ0n) is 11.9. The van der Waals surface area contributed by atoms with Crippen molar-refractivity contribution in [2.24, 2.45) is 0 Å². The van der Waals surface area contributed by atoms with E-state index in [1.807, 2.05) is 24.3 Å². The Morgan fingerprint density at radius 1 is 1.30 bits per heavy atom. The maximum Gasteiger partial charge on any atom is 0.234 e. The van der Waals surface area contributed by atoms with Crippen LogP contribution in [0.1, 0.15) is 5.56 Å². The maximum absolute atomic E-state index is 11.8. The van der Waals surface area contributed by atoms with Gasteiger partial charge in [-0.15, -0.1) is 0 Å². The number of amides is 1. The first-order valence-corrected chi connectivity index (χ1v) is 6.97. The zero-order chi connectivity index (χ0) is 14.2. The minimum atomic E-state index is 0.0837. The largest absolute Gasteiger partial charge is 0.497 e. The molecule has 5 heteroatoms. The fourth-order valence-electron chi connectivity index (χ4n) is 2.16. The van der Waals surface area contributed by atoms with Gasteiger partial charge in [0.25, 0.3) is 0 Å². The lowest BCUT2D eigenvalue weighted by Crippen LogP contribution is -2.43. The van der Waals surface area contributed by atoms with Crippen LogP contribution in [0.2, 0.25) is 0 Å². The first-order valence-electron chi connectivity index (χ1n) is 6.97. The van der Waals surface area contributed by atoms with Crippen molar-refractivity contribution in [2.75, 3.05) is 46.5 Å². The van der Waals surface area contributed by atoms with Gasteiger partial charge in [-0.3, -0.25) is 9.69 Å². The van der Waals surface area contributed by atoms with Crippen molar-refractivity contribution in [3.63, 3.8) is 0 Å². The number of rotatable bonds is 6. The third kappa shape index (κ3) is 4.83. The first-order chi connectivity index (χ1) is 9.78. The van der Waals surface area contributed by atoms with Crippen LogP contribution < -0.4 is 10.1 Å². The third-order valence-corrected chi connectivity index (χ3v) is 3.37. The van der Waals surface area contributed by atoms with Gasteiger partial charge < -0.3 is 14.8 Å². The predicted molar refractivity (Wildman–Crippen MR) is 77.0 cm³/mol. The Morgan fingerprint density at radius 3 is 2.65 bits per heavy atom. The van der Waals surface area contributed by atoms with Crippen LogP contribution in [0, 0.1) is 0 Å². The van der Waals surface area contributed by atoms with E-state index >= 15 is 0 Å². The van der Waals surface area contributed by atoms with Crippen molar-refractivity contribution < 1.29 is 14.3 Å². The van der Waals surface area contributed by atoms with E-state index in [9.17, 15) is 4.79 Å². The summed E-state index contributed by atoms with van der Waals surface area (Å²) in [6.45, 7) is 4.25. The van der Waals surface area contributed by atoms with Crippen molar-refractivity contribution in [3.8, 4) is 5.75 Å². The molecule has 1 aliphatic heterocycles. The highest BCUT2D eigenvalue weighted by molar-refractivity contribution is 5.78. The molecule has 0 saturated carbocycles. The smallest absolute Gasteiger partial charge is 0.234 e. The number of carbonyl (C=O) groups is 1. The van der Waals surface area contributed by atoms with Crippen molar-refractivity contribution >= 4 is 5.91 Å². The molecule has 0 radical (unpaired) electrons. The van der Waals surface area contributed by atoms with Crippen LogP contribution in [-0.4, -0.2) is 57.3 Å². The molecule has 0 unspecified atom stereocenters. The van der Waals surface area contributed by atoms with E-state index in [-0.39, 0.29) is 5.91 Å². The number of benzene rings is 1. The van der Waals surface area contributed by atoms with Crippen molar-refractivity contribution in [1.29, 1.82) is 0 Å². The summed E-state index contributed by atoms with van der Waals surface area (Å²) in [5.41, 5.74) is 1.19. The fourth-order valence-corrected chi connectivity index (χ4v) is 2.16. The van der Waals surface area contributed by atoms with Crippen molar-refractivity contribution in [3.05, 3.63) is 29.8 Å². The van der Waals surface area contributed by atoms with Gasteiger partial charge in [0.1, 0.15) is 5.75 Å². The number of nitrogens with zero attached hydrogens (tertiary/aromatic N) is 1. The second-order valence-electron chi connectivity index (χ2n) is 4.84. The number of carbonyl (C=O) groups excluding carboxylic acids is 1. The molecule has 0 aromatic heterocycles. The molecule has 2 rings (SSSR count). The highest BCUT2D eigenvalue weighted by atomic mass is 16.5. The van der Waals surface area contributed by atoms with Crippen LogP contribution in [0.5, 0.6) is 5.75 Å². The second-order valence-corrected chi connectivity index (χ2v) is 4.84. The van der Waals surface area contributed by atoms with Crippen LogP contribution >= 0.6 is 0 Å². The molecule has 0 bridgehead atoms.